The first-order chi connectivity index (χ1) is 12.3. The monoisotopic (exact) mass is 338 g/mol. The molecule has 8 nitrogen and oxygen atoms in total. The van der Waals surface area contributed by atoms with Gasteiger partial charge in [0.2, 0.25) is 0 Å². The van der Waals surface area contributed by atoms with Gasteiger partial charge in [0.15, 0.2) is 5.65 Å². The van der Waals surface area contributed by atoms with Gasteiger partial charge in [0.1, 0.15) is 11.9 Å². The topological polar surface area (TPSA) is 85.5 Å². The van der Waals surface area contributed by atoms with E-state index in [2.05, 4.69) is 20.1 Å². The van der Waals surface area contributed by atoms with Gasteiger partial charge < -0.3 is 9.64 Å². The Hall–Kier alpha value is -2.87. The highest BCUT2D eigenvalue weighted by Crippen LogP contribution is 2.16. The second-order valence-electron chi connectivity index (χ2n) is 6.04. The van der Waals surface area contributed by atoms with Crippen LogP contribution < -0.4 is 0 Å². The number of hydrogen-bond donors (Lipinski definition) is 0. The van der Waals surface area contributed by atoms with E-state index >= 15 is 0 Å². The molecule has 0 radical (unpaired) electrons. The fraction of sp³-hybridized carbons (Fsp3) is 0.353. The summed E-state index contributed by atoms with van der Waals surface area (Å²) in [5.74, 6) is 0.128. The van der Waals surface area contributed by atoms with Crippen LogP contribution >= 0.6 is 0 Å². The van der Waals surface area contributed by atoms with Crippen LogP contribution in [0.25, 0.3) is 5.65 Å². The minimum absolute atomic E-state index is 0.0631. The summed E-state index contributed by atoms with van der Waals surface area (Å²) >= 11 is 0. The first kappa shape index (κ1) is 15.6. The van der Waals surface area contributed by atoms with Crippen LogP contribution in [0.3, 0.4) is 0 Å². The van der Waals surface area contributed by atoms with Crippen molar-refractivity contribution in [1.29, 1.82) is 0 Å². The Kier molecular flexibility index (Phi) is 4.34. The van der Waals surface area contributed by atoms with Gasteiger partial charge in [0, 0.05) is 43.3 Å². The summed E-state index contributed by atoms with van der Waals surface area (Å²) in [5, 5.41) is 4.20. The van der Waals surface area contributed by atoms with Crippen LogP contribution in [0.4, 0.5) is 0 Å². The summed E-state index contributed by atoms with van der Waals surface area (Å²) in [4.78, 5) is 27.3. The lowest BCUT2D eigenvalue weighted by molar-refractivity contribution is 0.0739. The molecule has 1 saturated heterocycles. The summed E-state index contributed by atoms with van der Waals surface area (Å²) < 4.78 is 7.30. The largest absolute Gasteiger partial charge is 0.379 e. The van der Waals surface area contributed by atoms with Gasteiger partial charge in [-0.1, -0.05) is 0 Å². The summed E-state index contributed by atoms with van der Waals surface area (Å²) in [5.41, 5.74) is 2.05. The molecule has 25 heavy (non-hydrogen) atoms. The highest BCUT2D eigenvalue weighted by Gasteiger charge is 2.26. The average molecular weight is 338 g/mol. The molecule has 0 bridgehead atoms. The van der Waals surface area contributed by atoms with Gasteiger partial charge in [-0.3, -0.25) is 4.79 Å². The maximum absolute atomic E-state index is 13.0. The summed E-state index contributed by atoms with van der Waals surface area (Å²) in [6.07, 6.45) is 9.04. The number of rotatable bonds is 3. The second-order valence-corrected chi connectivity index (χ2v) is 6.04. The van der Waals surface area contributed by atoms with Crippen LogP contribution in [0.1, 0.15) is 16.1 Å². The third-order valence-corrected chi connectivity index (χ3v) is 4.28. The molecule has 1 amide bonds. The van der Waals surface area contributed by atoms with Gasteiger partial charge in [-0.2, -0.15) is 5.10 Å². The van der Waals surface area contributed by atoms with E-state index in [1.165, 1.54) is 0 Å². The molecule has 0 N–H and O–H groups in total. The van der Waals surface area contributed by atoms with E-state index in [0.717, 1.165) is 12.1 Å². The standard InChI is InChI=1S/C17H18N6O2/c24-17(15-9-21-23-5-1-3-19-16(15)23)22-6-7-25-11-13(10-22)8-14-2-4-18-12-20-14/h1-5,9,12-13H,6-8,10-11H2/t13-/m1/s1. The molecular formula is C17H18N6O2. The highest BCUT2D eigenvalue weighted by atomic mass is 16.5. The van der Waals surface area contributed by atoms with E-state index in [1.54, 1.807) is 41.7 Å². The minimum atomic E-state index is -0.0631. The molecule has 8 heteroatoms. The average Bonchev–Trinajstić information content (AvgIpc) is 2.94. The van der Waals surface area contributed by atoms with Crippen LogP contribution in [-0.4, -0.2) is 61.7 Å². The fourth-order valence-corrected chi connectivity index (χ4v) is 3.07. The molecule has 0 saturated carbocycles. The van der Waals surface area contributed by atoms with Crippen LogP contribution in [0.2, 0.25) is 0 Å². The summed E-state index contributed by atoms with van der Waals surface area (Å²) in [7, 11) is 0. The molecule has 1 atom stereocenters. The first-order valence-electron chi connectivity index (χ1n) is 8.21. The Morgan fingerprint density at radius 1 is 1.32 bits per heavy atom. The molecule has 4 heterocycles. The highest BCUT2D eigenvalue weighted by molar-refractivity contribution is 5.99. The van der Waals surface area contributed by atoms with Crippen molar-refractivity contribution in [2.45, 2.75) is 6.42 Å². The van der Waals surface area contributed by atoms with E-state index in [-0.39, 0.29) is 11.8 Å². The van der Waals surface area contributed by atoms with Gasteiger partial charge in [0.25, 0.3) is 5.91 Å². The lowest BCUT2D eigenvalue weighted by atomic mass is 10.0. The van der Waals surface area contributed by atoms with E-state index in [9.17, 15) is 4.79 Å². The van der Waals surface area contributed by atoms with Crippen molar-refractivity contribution < 1.29 is 9.53 Å². The van der Waals surface area contributed by atoms with Crippen LogP contribution in [0.5, 0.6) is 0 Å². The molecule has 0 unspecified atom stereocenters. The van der Waals surface area contributed by atoms with Crippen molar-refractivity contribution in [3.8, 4) is 0 Å². The molecule has 0 aromatic carbocycles. The zero-order valence-corrected chi connectivity index (χ0v) is 13.7. The quantitative estimate of drug-likeness (QED) is 0.704. The van der Waals surface area contributed by atoms with Crippen molar-refractivity contribution in [3.63, 3.8) is 0 Å². The van der Waals surface area contributed by atoms with Gasteiger partial charge in [-0.05, 0) is 18.6 Å². The van der Waals surface area contributed by atoms with Gasteiger partial charge in [-0.15, -0.1) is 0 Å². The number of aromatic nitrogens is 5. The molecular weight excluding hydrogens is 320 g/mol. The third kappa shape index (κ3) is 3.34. The molecule has 128 valence electrons. The van der Waals surface area contributed by atoms with Crippen molar-refractivity contribution >= 4 is 11.6 Å². The van der Waals surface area contributed by atoms with Crippen molar-refractivity contribution in [2.75, 3.05) is 26.3 Å². The first-order valence-corrected chi connectivity index (χ1v) is 8.21. The van der Waals surface area contributed by atoms with Crippen LogP contribution in [0.15, 0.2) is 43.2 Å². The number of ether oxygens (including phenoxy) is 1. The van der Waals surface area contributed by atoms with E-state index in [0.29, 0.717) is 37.5 Å². The van der Waals surface area contributed by atoms with Crippen molar-refractivity contribution in [2.24, 2.45) is 5.92 Å². The molecule has 1 aliphatic rings. The molecule has 3 aromatic rings. The van der Waals surface area contributed by atoms with Gasteiger partial charge >= 0.3 is 0 Å². The molecule has 0 aliphatic carbocycles. The van der Waals surface area contributed by atoms with Crippen molar-refractivity contribution in [3.05, 3.63) is 54.5 Å². The summed E-state index contributed by atoms with van der Waals surface area (Å²) in [6.45, 7) is 2.32. The van der Waals surface area contributed by atoms with Crippen LogP contribution in [-0.2, 0) is 11.2 Å². The zero-order valence-electron chi connectivity index (χ0n) is 13.7. The lowest BCUT2D eigenvalue weighted by Crippen LogP contribution is -2.36. The smallest absolute Gasteiger partial charge is 0.259 e. The molecule has 0 spiro atoms. The number of nitrogens with zero attached hydrogens (tertiary/aromatic N) is 6. The Morgan fingerprint density at radius 2 is 2.28 bits per heavy atom. The van der Waals surface area contributed by atoms with E-state index in [4.69, 9.17) is 4.74 Å². The van der Waals surface area contributed by atoms with Crippen molar-refractivity contribution in [1.82, 2.24) is 29.5 Å². The predicted molar refractivity (Wildman–Crippen MR) is 88.9 cm³/mol. The number of amides is 1. The molecule has 1 fully saturated rings. The lowest BCUT2D eigenvalue weighted by Gasteiger charge is -2.23. The maximum Gasteiger partial charge on any atom is 0.259 e. The Morgan fingerprint density at radius 3 is 3.16 bits per heavy atom. The molecule has 4 rings (SSSR count). The summed E-state index contributed by atoms with van der Waals surface area (Å²) in [6, 6.07) is 3.68. The van der Waals surface area contributed by atoms with Gasteiger partial charge in [0.05, 0.1) is 19.4 Å². The maximum atomic E-state index is 13.0. The van der Waals surface area contributed by atoms with E-state index in [1.807, 2.05) is 11.0 Å². The van der Waals surface area contributed by atoms with E-state index < -0.39 is 0 Å². The minimum Gasteiger partial charge on any atom is -0.379 e. The fourth-order valence-electron chi connectivity index (χ4n) is 3.07. The SMILES string of the molecule is O=C(c1cnn2cccnc12)N1CCOC[C@H](Cc2ccncn2)C1. The Labute approximate surface area is 144 Å². The predicted octanol–water partition coefficient (Wildman–Crippen LogP) is 0.851. The van der Waals surface area contributed by atoms with Gasteiger partial charge in [-0.25, -0.2) is 19.5 Å². The van der Waals surface area contributed by atoms with Crippen LogP contribution in [0, 0.1) is 5.92 Å². The third-order valence-electron chi connectivity index (χ3n) is 4.28. The number of carbonyl (C=O) groups excluding carboxylic acids is 1. The molecule has 1 aliphatic heterocycles. The number of fused-ring (bicyclic) bond motifs is 1. The Bertz CT molecular complexity index is 866. The number of carbonyl (C=O) groups is 1. The second kappa shape index (κ2) is 6.94. The number of hydrogen-bond acceptors (Lipinski definition) is 6. The normalized spacial score (nSPS) is 18.2. The molecule has 3 aromatic heterocycles. The Balaban J connectivity index is 1.53. The zero-order chi connectivity index (χ0) is 17.1.